The second kappa shape index (κ2) is 11.0. The third-order valence-corrected chi connectivity index (χ3v) is 7.49. The van der Waals surface area contributed by atoms with Crippen LogP contribution in [0.3, 0.4) is 0 Å². The molecule has 9 nitrogen and oxygen atoms in total. The van der Waals surface area contributed by atoms with Crippen molar-refractivity contribution >= 4 is 33.2 Å². The third-order valence-electron chi connectivity index (χ3n) is 5.46. The largest absolute Gasteiger partial charge is 0.497 e. The first-order chi connectivity index (χ1) is 17.3. The molecule has 1 unspecified atom stereocenters. The van der Waals surface area contributed by atoms with Crippen molar-refractivity contribution in [3.63, 3.8) is 0 Å². The zero-order valence-electron chi connectivity index (χ0n) is 19.6. The van der Waals surface area contributed by atoms with E-state index in [0.29, 0.717) is 22.3 Å². The number of amides is 1. The molecule has 1 aliphatic rings. The molecule has 1 heterocycles. The fraction of sp³-hybridized carbons (Fsp3) is 0.240. The first-order valence-corrected chi connectivity index (χ1v) is 12.8. The van der Waals surface area contributed by atoms with Crippen LogP contribution in [-0.2, 0) is 14.8 Å². The molecule has 0 spiro atoms. The summed E-state index contributed by atoms with van der Waals surface area (Å²) < 4.78 is 50.1. The lowest BCUT2D eigenvalue weighted by molar-refractivity contribution is -0.127. The van der Waals surface area contributed by atoms with Crippen molar-refractivity contribution in [3.05, 3.63) is 71.8 Å². The van der Waals surface area contributed by atoms with Crippen LogP contribution in [0, 0.1) is 0 Å². The van der Waals surface area contributed by atoms with E-state index in [0.717, 1.165) is 4.31 Å². The van der Waals surface area contributed by atoms with Crippen molar-refractivity contribution in [2.24, 2.45) is 0 Å². The summed E-state index contributed by atoms with van der Waals surface area (Å²) in [5.41, 5.74) is 0.252. The topological polar surface area (TPSA) is 103 Å². The average molecular weight is 533 g/mol. The van der Waals surface area contributed by atoms with Crippen LogP contribution in [-0.4, -0.2) is 54.3 Å². The average Bonchev–Trinajstić information content (AvgIpc) is 2.90. The SMILES string of the molecule is COc1ccc(S(=O)(=O)N2CC(C(=O)NCCOc3ccccc3OC)Oc3ccc(Cl)cc32)cc1. The molecule has 0 fully saturated rings. The number of benzene rings is 3. The number of carbonyl (C=O) groups excluding carboxylic acids is 1. The van der Waals surface area contributed by atoms with Gasteiger partial charge in [0, 0.05) is 5.02 Å². The van der Waals surface area contributed by atoms with Gasteiger partial charge >= 0.3 is 0 Å². The number of anilines is 1. The minimum atomic E-state index is -4.03. The summed E-state index contributed by atoms with van der Waals surface area (Å²) >= 11 is 6.14. The number of hydrogen-bond acceptors (Lipinski definition) is 7. The molecule has 3 aromatic carbocycles. The Balaban J connectivity index is 1.49. The van der Waals surface area contributed by atoms with Crippen LogP contribution in [0.1, 0.15) is 0 Å². The van der Waals surface area contributed by atoms with Crippen LogP contribution in [0.25, 0.3) is 0 Å². The van der Waals surface area contributed by atoms with Crippen molar-refractivity contribution in [3.8, 4) is 23.0 Å². The lowest BCUT2D eigenvalue weighted by Gasteiger charge is -2.34. The number of halogens is 1. The summed E-state index contributed by atoms with van der Waals surface area (Å²) in [5, 5.41) is 3.07. The van der Waals surface area contributed by atoms with E-state index in [1.807, 2.05) is 12.1 Å². The van der Waals surface area contributed by atoms with Gasteiger partial charge in [0.05, 0.1) is 37.9 Å². The Morgan fingerprint density at radius 3 is 2.47 bits per heavy atom. The van der Waals surface area contributed by atoms with E-state index in [9.17, 15) is 13.2 Å². The van der Waals surface area contributed by atoms with Gasteiger partial charge in [-0.2, -0.15) is 0 Å². The Kier molecular flexibility index (Phi) is 7.76. The number of rotatable bonds is 9. The summed E-state index contributed by atoms with van der Waals surface area (Å²) in [4.78, 5) is 13.0. The summed E-state index contributed by atoms with van der Waals surface area (Å²) in [7, 11) is -0.995. The molecule has 0 saturated heterocycles. The predicted molar refractivity (Wildman–Crippen MR) is 135 cm³/mol. The summed E-state index contributed by atoms with van der Waals surface area (Å²) in [5.74, 6) is 1.40. The number of para-hydroxylation sites is 2. The molecule has 0 bridgehead atoms. The van der Waals surface area contributed by atoms with Gasteiger partial charge in [0.15, 0.2) is 17.6 Å². The van der Waals surface area contributed by atoms with E-state index in [1.54, 1.807) is 43.5 Å². The summed E-state index contributed by atoms with van der Waals surface area (Å²) in [6.07, 6.45) is -1.09. The molecule has 3 aromatic rings. The van der Waals surface area contributed by atoms with Gasteiger partial charge in [-0.25, -0.2) is 8.42 Å². The lowest BCUT2D eigenvalue weighted by Crippen LogP contribution is -2.51. The molecule has 0 radical (unpaired) electrons. The normalized spacial score (nSPS) is 14.9. The highest BCUT2D eigenvalue weighted by molar-refractivity contribution is 7.92. The quantitative estimate of drug-likeness (QED) is 0.421. The van der Waals surface area contributed by atoms with Gasteiger partial charge in [-0.05, 0) is 54.6 Å². The minimum absolute atomic E-state index is 0.0421. The van der Waals surface area contributed by atoms with E-state index in [4.69, 9.17) is 30.5 Å². The number of fused-ring (bicyclic) bond motifs is 1. The van der Waals surface area contributed by atoms with E-state index in [-0.39, 0.29) is 36.0 Å². The van der Waals surface area contributed by atoms with E-state index >= 15 is 0 Å². The second-order valence-electron chi connectivity index (χ2n) is 7.72. The van der Waals surface area contributed by atoms with Gasteiger partial charge in [0.25, 0.3) is 15.9 Å². The molecular weight excluding hydrogens is 508 g/mol. The molecule has 190 valence electrons. The number of nitrogens with one attached hydrogen (secondary N) is 1. The summed E-state index contributed by atoms with van der Waals surface area (Å²) in [6.45, 7) is 0.120. The van der Waals surface area contributed by atoms with Gasteiger partial charge in [0.1, 0.15) is 18.1 Å². The van der Waals surface area contributed by atoms with E-state index in [1.165, 1.54) is 25.3 Å². The maximum atomic E-state index is 13.5. The van der Waals surface area contributed by atoms with Crippen molar-refractivity contribution < 1.29 is 32.2 Å². The molecule has 0 aliphatic carbocycles. The Morgan fingerprint density at radius 1 is 1.06 bits per heavy atom. The molecule has 36 heavy (non-hydrogen) atoms. The minimum Gasteiger partial charge on any atom is -0.497 e. The fourth-order valence-electron chi connectivity index (χ4n) is 3.65. The third kappa shape index (κ3) is 5.44. The number of methoxy groups -OCH3 is 2. The molecule has 1 aliphatic heterocycles. The second-order valence-corrected chi connectivity index (χ2v) is 10.0. The van der Waals surface area contributed by atoms with Crippen molar-refractivity contribution in [1.82, 2.24) is 5.32 Å². The molecule has 4 rings (SSSR count). The van der Waals surface area contributed by atoms with E-state index in [2.05, 4.69) is 5.32 Å². The maximum absolute atomic E-state index is 13.5. The van der Waals surface area contributed by atoms with Gasteiger partial charge in [0.2, 0.25) is 0 Å². The fourth-order valence-corrected chi connectivity index (χ4v) is 5.28. The van der Waals surface area contributed by atoms with Crippen LogP contribution >= 0.6 is 11.6 Å². The zero-order valence-corrected chi connectivity index (χ0v) is 21.2. The van der Waals surface area contributed by atoms with Crippen LogP contribution in [0.2, 0.25) is 5.02 Å². The molecule has 0 saturated carbocycles. The number of carbonyl (C=O) groups is 1. The van der Waals surface area contributed by atoms with Gasteiger partial charge in [-0.3, -0.25) is 9.10 Å². The van der Waals surface area contributed by atoms with Crippen LogP contribution < -0.4 is 28.6 Å². The Hall–Kier alpha value is -3.63. The first kappa shape index (κ1) is 25.5. The van der Waals surface area contributed by atoms with Crippen molar-refractivity contribution in [2.75, 3.05) is 38.2 Å². The monoisotopic (exact) mass is 532 g/mol. The molecule has 1 amide bonds. The lowest BCUT2D eigenvalue weighted by atomic mass is 10.2. The van der Waals surface area contributed by atoms with Gasteiger partial charge < -0.3 is 24.3 Å². The zero-order chi connectivity index (χ0) is 25.7. The van der Waals surface area contributed by atoms with Crippen LogP contribution in [0.4, 0.5) is 5.69 Å². The number of sulfonamides is 1. The summed E-state index contributed by atoms with van der Waals surface area (Å²) in [6, 6.07) is 17.8. The Morgan fingerprint density at radius 2 is 1.78 bits per heavy atom. The molecule has 1 atom stereocenters. The standard InChI is InChI=1S/C25H25ClN2O7S/c1-32-18-8-10-19(11-9-18)36(30,31)28-16-24(35-21-12-7-17(26)15-20(21)28)25(29)27-13-14-34-23-6-4-3-5-22(23)33-2/h3-12,15,24H,13-14,16H2,1-2H3,(H,27,29). The van der Waals surface area contributed by atoms with Crippen molar-refractivity contribution in [1.29, 1.82) is 0 Å². The van der Waals surface area contributed by atoms with Gasteiger partial charge in [-0.1, -0.05) is 23.7 Å². The van der Waals surface area contributed by atoms with Gasteiger partial charge in [-0.15, -0.1) is 0 Å². The highest BCUT2D eigenvalue weighted by Gasteiger charge is 2.37. The number of nitrogens with zero attached hydrogens (tertiary/aromatic N) is 1. The van der Waals surface area contributed by atoms with E-state index < -0.39 is 22.0 Å². The predicted octanol–water partition coefficient (Wildman–Crippen LogP) is 3.51. The maximum Gasteiger partial charge on any atom is 0.264 e. The Bertz CT molecular complexity index is 1330. The van der Waals surface area contributed by atoms with Crippen molar-refractivity contribution in [2.45, 2.75) is 11.0 Å². The van der Waals surface area contributed by atoms with Crippen LogP contribution in [0.5, 0.6) is 23.0 Å². The smallest absolute Gasteiger partial charge is 0.264 e. The molecule has 1 N–H and O–H groups in total. The van der Waals surface area contributed by atoms with Crippen LogP contribution in [0.15, 0.2) is 71.6 Å². The Labute approximate surface area is 214 Å². The molecular formula is C25H25ClN2O7S. The molecule has 11 heteroatoms. The highest BCUT2D eigenvalue weighted by atomic mass is 35.5. The number of ether oxygens (including phenoxy) is 4. The highest BCUT2D eigenvalue weighted by Crippen LogP contribution is 2.39. The first-order valence-electron chi connectivity index (χ1n) is 11.0. The molecule has 0 aromatic heterocycles. The number of hydrogen-bond donors (Lipinski definition) is 1.